The third-order valence-electron chi connectivity index (χ3n) is 23.9. The third-order valence-corrected chi connectivity index (χ3v) is 23.9. The van der Waals surface area contributed by atoms with E-state index in [1.54, 1.807) is 0 Å². The maximum Gasteiger partial charge on any atom is 0.220 e. The van der Waals surface area contributed by atoms with Crippen molar-refractivity contribution in [2.75, 3.05) is 26.4 Å². The molecule has 3 rings (SSSR count). The van der Waals surface area contributed by atoms with Crippen LogP contribution in [0.15, 0.2) is 60.8 Å². The number of ether oxygens (including phenoxy) is 6. The van der Waals surface area contributed by atoms with Gasteiger partial charge in [-0.15, -0.1) is 0 Å². The predicted octanol–water partition coefficient (Wildman–Crippen LogP) is 19.3. The van der Waals surface area contributed by atoms with Crippen LogP contribution in [0.1, 0.15) is 412 Å². The molecule has 0 bridgehead atoms. The van der Waals surface area contributed by atoms with Crippen molar-refractivity contribution in [1.82, 2.24) is 5.32 Å². The Morgan fingerprint density at radius 2 is 0.600 bits per heavy atom. The lowest BCUT2D eigenvalue weighted by Crippen LogP contribution is -2.66. The molecular weight excluding hydrogens is 1460 g/mol. The molecule has 19 nitrogen and oxygen atoms in total. The van der Waals surface area contributed by atoms with Gasteiger partial charge in [-0.25, -0.2) is 0 Å². The number of hydrogen-bond acceptors (Lipinski definition) is 18. The molecule has 3 saturated heterocycles. The molecule has 115 heavy (non-hydrogen) atoms. The highest BCUT2D eigenvalue weighted by molar-refractivity contribution is 5.76. The smallest absolute Gasteiger partial charge is 0.220 e. The molecule has 3 aliphatic rings. The van der Waals surface area contributed by atoms with E-state index < -0.39 is 124 Å². The summed E-state index contributed by atoms with van der Waals surface area (Å²) in [7, 11) is 0. The Balaban J connectivity index is 1.29. The van der Waals surface area contributed by atoms with E-state index in [9.17, 15) is 61.0 Å². The summed E-state index contributed by atoms with van der Waals surface area (Å²) in [4.78, 5) is 13.6. The zero-order valence-corrected chi connectivity index (χ0v) is 73.0. The Bertz CT molecular complexity index is 2310. The molecule has 3 heterocycles. The first-order valence-electron chi connectivity index (χ1n) is 48.0. The van der Waals surface area contributed by atoms with Crippen LogP contribution in [0.2, 0.25) is 0 Å². The summed E-state index contributed by atoms with van der Waals surface area (Å²) in [5.41, 5.74) is 0. The van der Waals surface area contributed by atoms with Gasteiger partial charge in [0.25, 0.3) is 0 Å². The maximum absolute atomic E-state index is 13.6. The molecule has 0 aromatic heterocycles. The number of nitrogens with one attached hydrogen (secondary N) is 1. The van der Waals surface area contributed by atoms with Gasteiger partial charge in [0, 0.05) is 6.42 Å². The summed E-state index contributed by atoms with van der Waals surface area (Å²) in [6, 6.07) is -0.889. The Labute approximate surface area is 700 Å². The average Bonchev–Trinajstić information content (AvgIpc) is 0.779. The van der Waals surface area contributed by atoms with E-state index in [2.05, 4.69) is 79.9 Å². The number of amides is 1. The number of allylic oxidation sites excluding steroid dienone is 10. The molecule has 1 amide bonds. The molecule has 0 spiro atoms. The molecule has 17 unspecified atom stereocenters. The molecule has 674 valence electrons. The van der Waals surface area contributed by atoms with Crippen LogP contribution in [0.4, 0.5) is 0 Å². The molecule has 0 aromatic rings. The van der Waals surface area contributed by atoms with Gasteiger partial charge in [0.15, 0.2) is 18.9 Å². The summed E-state index contributed by atoms with van der Waals surface area (Å²) in [5, 5.41) is 122. The molecule has 3 aliphatic heterocycles. The Kier molecular flexibility index (Phi) is 69.8. The quantitative estimate of drug-likeness (QED) is 0.0199. The van der Waals surface area contributed by atoms with E-state index in [-0.39, 0.29) is 18.9 Å². The summed E-state index contributed by atoms with van der Waals surface area (Å²) in [5.74, 6) is -0.234. The molecule has 19 heteroatoms. The van der Waals surface area contributed by atoms with Crippen molar-refractivity contribution in [2.45, 2.75) is 516 Å². The first-order chi connectivity index (χ1) is 56.3. The van der Waals surface area contributed by atoms with Crippen molar-refractivity contribution in [2.24, 2.45) is 0 Å². The fourth-order valence-electron chi connectivity index (χ4n) is 16.3. The molecule has 0 radical (unpaired) electrons. The van der Waals surface area contributed by atoms with Gasteiger partial charge in [-0.05, 0) is 57.8 Å². The highest BCUT2D eigenvalue weighted by Gasteiger charge is 2.54. The zero-order valence-electron chi connectivity index (χ0n) is 73.0. The van der Waals surface area contributed by atoms with E-state index in [0.29, 0.717) is 12.8 Å². The summed E-state index contributed by atoms with van der Waals surface area (Å²) in [6.07, 6.45) is 73.5. The van der Waals surface area contributed by atoms with Crippen LogP contribution >= 0.6 is 0 Å². The van der Waals surface area contributed by atoms with Crippen LogP contribution in [-0.2, 0) is 33.2 Å². The summed E-state index contributed by atoms with van der Waals surface area (Å²) < 4.78 is 34.6. The van der Waals surface area contributed by atoms with E-state index in [0.717, 1.165) is 77.0 Å². The van der Waals surface area contributed by atoms with E-state index in [4.69, 9.17) is 28.4 Å². The van der Waals surface area contributed by atoms with Gasteiger partial charge in [-0.2, -0.15) is 0 Å². The Morgan fingerprint density at radius 3 is 0.939 bits per heavy atom. The first-order valence-corrected chi connectivity index (χ1v) is 48.0. The minimum absolute atomic E-state index is 0.234. The van der Waals surface area contributed by atoms with Gasteiger partial charge in [-0.1, -0.05) is 408 Å². The van der Waals surface area contributed by atoms with E-state index in [1.807, 2.05) is 0 Å². The van der Waals surface area contributed by atoms with Gasteiger partial charge in [-0.3, -0.25) is 4.79 Å². The van der Waals surface area contributed by atoms with Gasteiger partial charge in [0.1, 0.15) is 73.2 Å². The van der Waals surface area contributed by atoms with Crippen LogP contribution in [0.3, 0.4) is 0 Å². The molecular formula is C96H177NO18. The molecule has 0 saturated carbocycles. The lowest BCUT2D eigenvalue weighted by molar-refractivity contribution is -0.379. The second-order valence-corrected chi connectivity index (χ2v) is 34.2. The Morgan fingerprint density at radius 1 is 0.322 bits per heavy atom. The lowest BCUT2D eigenvalue weighted by Gasteiger charge is -2.48. The van der Waals surface area contributed by atoms with Gasteiger partial charge in [0.05, 0.1) is 38.6 Å². The normalized spacial score (nSPS) is 24.8. The predicted molar refractivity (Wildman–Crippen MR) is 466 cm³/mol. The number of carbonyl (C=O) groups is 1. The molecule has 3 fully saturated rings. The van der Waals surface area contributed by atoms with Gasteiger partial charge in [0.2, 0.25) is 5.91 Å². The van der Waals surface area contributed by atoms with E-state index >= 15 is 0 Å². The zero-order chi connectivity index (χ0) is 83.1. The van der Waals surface area contributed by atoms with Crippen LogP contribution in [0.5, 0.6) is 0 Å². The fraction of sp³-hybridized carbons (Fsp3) is 0.885. The third kappa shape index (κ3) is 53.2. The van der Waals surface area contributed by atoms with Crippen molar-refractivity contribution in [1.29, 1.82) is 0 Å². The van der Waals surface area contributed by atoms with Gasteiger partial charge < -0.3 is 89.9 Å². The average molecular weight is 1630 g/mol. The number of unbranched alkanes of at least 4 members (excludes halogenated alkanes) is 53. The minimum atomic E-state index is -1.97. The second kappa shape index (κ2) is 75.2. The van der Waals surface area contributed by atoms with E-state index in [1.165, 1.54) is 302 Å². The topological polar surface area (TPSA) is 307 Å². The highest BCUT2D eigenvalue weighted by atomic mass is 16.8. The fourth-order valence-corrected chi connectivity index (χ4v) is 16.3. The van der Waals surface area contributed by atoms with Crippen molar-refractivity contribution < 1.29 is 89.4 Å². The van der Waals surface area contributed by atoms with Crippen LogP contribution in [0, 0.1) is 0 Å². The second-order valence-electron chi connectivity index (χ2n) is 34.2. The van der Waals surface area contributed by atoms with Crippen LogP contribution in [0.25, 0.3) is 0 Å². The minimum Gasteiger partial charge on any atom is -0.394 e. The number of hydrogen-bond donors (Lipinski definition) is 12. The number of rotatable bonds is 79. The standard InChI is InChI=1S/C96H177NO18/c1-3-5-7-9-11-13-15-17-19-21-23-25-27-29-31-33-35-36-37-38-39-40-41-42-44-46-48-50-52-54-56-58-60-62-64-66-68-70-72-74-84(102)97-79(80(101)73-71-69-67-65-63-61-59-57-55-53-51-49-47-45-43-34-32-30-28-26-24-22-20-18-16-14-12-10-8-6-4-2)78-110-94-90(108)87(105)92(82(76-99)112-94)115-96-91(109)88(106)93(83(77-100)113-96)114-95-89(107)86(104)85(103)81(75-98)111-95/h5,7,11,13,17,19,23,25,29,31,79-83,85-96,98-101,103-109H,3-4,6,8-10,12,14-16,18,20-22,24,26-28,30,32-78H2,1-2H3,(H,97,102)/b7-5-,13-11-,19-17-,25-23-,31-29-. The summed E-state index contributed by atoms with van der Waals surface area (Å²) in [6.45, 7) is 1.76. The lowest BCUT2D eigenvalue weighted by atomic mass is 9.96. The molecule has 12 N–H and O–H groups in total. The van der Waals surface area contributed by atoms with Crippen molar-refractivity contribution in [3.63, 3.8) is 0 Å². The molecule has 17 atom stereocenters. The van der Waals surface area contributed by atoms with Crippen LogP contribution in [-0.4, -0.2) is 193 Å². The highest BCUT2D eigenvalue weighted by Crippen LogP contribution is 2.34. The largest absolute Gasteiger partial charge is 0.394 e. The molecule has 0 aliphatic carbocycles. The van der Waals surface area contributed by atoms with Gasteiger partial charge >= 0.3 is 0 Å². The number of carbonyl (C=O) groups excluding carboxylic acids is 1. The van der Waals surface area contributed by atoms with Crippen molar-refractivity contribution in [3.05, 3.63) is 60.8 Å². The monoisotopic (exact) mass is 1630 g/mol. The number of aliphatic hydroxyl groups is 11. The maximum atomic E-state index is 13.6. The van der Waals surface area contributed by atoms with Crippen molar-refractivity contribution >= 4 is 5.91 Å². The Hall–Kier alpha value is -2.51. The van der Waals surface area contributed by atoms with Crippen LogP contribution < -0.4 is 5.32 Å². The summed E-state index contributed by atoms with van der Waals surface area (Å²) >= 11 is 0. The van der Waals surface area contributed by atoms with Crippen molar-refractivity contribution in [3.8, 4) is 0 Å². The molecule has 0 aromatic carbocycles. The first kappa shape index (κ1) is 107. The number of aliphatic hydroxyl groups excluding tert-OH is 11. The SMILES string of the molecule is CC/C=C\C/C=C\C/C=C\C/C=C\C/C=C\CCCCCCCCCCCCCCCCCCCCCCCCCC(=O)NC(COC1OC(CO)C(OC2OC(CO)C(OC3OC(CO)C(O)C(O)C3O)C(O)C2O)C(O)C1O)C(O)CCCCCCCCCCCCCCCCCCCCCCCCCCCCCCCCC.